The fraction of sp³-hybridized carbons (Fsp3) is 0.304. The smallest absolute Gasteiger partial charge is 0.307 e. The van der Waals surface area contributed by atoms with Gasteiger partial charge in [-0.15, -0.1) is 0 Å². The molecule has 2 N–H and O–H groups in total. The number of benzene rings is 2. The Kier molecular flexibility index (Phi) is 6.84. The van der Waals surface area contributed by atoms with Gasteiger partial charge >= 0.3 is 5.97 Å². The average molecular weight is 412 g/mol. The molecule has 6 nitrogen and oxygen atoms in total. The van der Waals surface area contributed by atoms with E-state index in [2.05, 4.69) is 5.10 Å². The van der Waals surface area contributed by atoms with E-state index in [-0.39, 0.29) is 18.8 Å². The van der Waals surface area contributed by atoms with Crippen LogP contribution in [0.3, 0.4) is 0 Å². The van der Waals surface area contributed by atoms with Gasteiger partial charge in [0.25, 0.3) is 0 Å². The molecule has 0 saturated heterocycles. The van der Waals surface area contributed by atoms with E-state index in [1.54, 1.807) is 41.1 Å². The molecule has 1 unspecified atom stereocenters. The molecule has 0 saturated carbocycles. The number of hydrogen-bond donors (Lipinski definition) is 2. The first-order valence-corrected chi connectivity index (χ1v) is 9.91. The summed E-state index contributed by atoms with van der Waals surface area (Å²) in [5.41, 5.74) is 3.13. The summed E-state index contributed by atoms with van der Waals surface area (Å²) in [5.74, 6) is -0.712. The molecule has 0 radical (unpaired) electrons. The second kappa shape index (κ2) is 9.54. The van der Waals surface area contributed by atoms with E-state index in [0.29, 0.717) is 46.9 Å². The summed E-state index contributed by atoms with van der Waals surface area (Å²) in [5, 5.41) is 24.0. The van der Waals surface area contributed by atoms with Gasteiger partial charge in [0, 0.05) is 11.1 Å². The SMILES string of the molecule is CCOc1ccc(CC(=O)O)cc1-c1cc(-c2cccc(F)c2)n(CC(O)CC)n1. The Labute approximate surface area is 174 Å². The molecule has 158 valence electrons. The molecule has 30 heavy (non-hydrogen) atoms. The number of carboxylic acid groups (broad SMARTS) is 1. The topological polar surface area (TPSA) is 84.6 Å². The normalized spacial score (nSPS) is 12.0. The van der Waals surface area contributed by atoms with E-state index in [9.17, 15) is 14.3 Å². The van der Waals surface area contributed by atoms with Gasteiger partial charge in [-0.25, -0.2) is 4.39 Å². The quantitative estimate of drug-likeness (QED) is 0.551. The van der Waals surface area contributed by atoms with Crippen LogP contribution >= 0.6 is 0 Å². The minimum absolute atomic E-state index is 0.120. The molecule has 1 aromatic heterocycles. The Morgan fingerprint density at radius 1 is 1.20 bits per heavy atom. The standard InChI is InChI=1S/C23H25FN2O4/c1-3-18(27)14-26-21(16-6-5-7-17(24)12-16)13-20(25-26)19-10-15(11-23(28)29)8-9-22(19)30-4-2/h5-10,12-13,18,27H,3-4,11,14H2,1-2H3,(H,28,29). The Morgan fingerprint density at radius 2 is 2.00 bits per heavy atom. The van der Waals surface area contributed by atoms with Crippen molar-refractivity contribution in [1.29, 1.82) is 0 Å². The van der Waals surface area contributed by atoms with Crippen molar-refractivity contribution in [2.24, 2.45) is 0 Å². The third-order valence-electron chi connectivity index (χ3n) is 4.73. The van der Waals surface area contributed by atoms with E-state index >= 15 is 0 Å². The Morgan fingerprint density at radius 3 is 2.67 bits per heavy atom. The molecule has 0 aliphatic rings. The third kappa shape index (κ3) is 5.04. The maximum atomic E-state index is 13.8. The zero-order valence-electron chi connectivity index (χ0n) is 17.0. The van der Waals surface area contributed by atoms with Crippen molar-refractivity contribution >= 4 is 5.97 Å². The number of hydrogen-bond acceptors (Lipinski definition) is 4. The van der Waals surface area contributed by atoms with Gasteiger partial charge in [0.1, 0.15) is 11.6 Å². The molecule has 0 bridgehead atoms. The number of aromatic nitrogens is 2. The molecule has 0 aliphatic carbocycles. The lowest BCUT2D eigenvalue weighted by Crippen LogP contribution is -2.16. The number of ether oxygens (including phenoxy) is 1. The number of aliphatic hydroxyl groups excluding tert-OH is 1. The van der Waals surface area contributed by atoms with Gasteiger partial charge in [0.2, 0.25) is 0 Å². The molecular formula is C23H25FN2O4. The Bertz CT molecular complexity index is 1030. The molecule has 1 heterocycles. The highest BCUT2D eigenvalue weighted by molar-refractivity contribution is 5.76. The van der Waals surface area contributed by atoms with Gasteiger partial charge in [0.15, 0.2) is 0 Å². The molecule has 2 aromatic carbocycles. The van der Waals surface area contributed by atoms with Gasteiger partial charge in [-0.1, -0.05) is 25.1 Å². The van der Waals surface area contributed by atoms with Crippen molar-refractivity contribution in [1.82, 2.24) is 9.78 Å². The zero-order chi connectivity index (χ0) is 21.7. The molecular weight excluding hydrogens is 387 g/mol. The lowest BCUT2D eigenvalue weighted by molar-refractivity contribution is -0.136. The fourth-order valence-corrected chi connectivity index (χ4v) is 3.24. The maximum absolute atomic E-state index is 13.8. The summed E-state index contributed by atoms with van der Waals surface area (Å²) in [6.45, 7) is 4.43. The van der Waals surface area contributed by atoms with Crippen molar-refractivity contribution in [2.75, 3.05) is 6.61 Å². The first-order valence-electron chi connectivity index (χ1n) is 9.91. The highest BCUT2D eigenvalue weighted by atomic mass is 19.1. The monoisotopic (exact) mass is 412 g/mol. The molecule has 0 amide bonds. The van der Waals surface area contributed by atoms with Gasteiger partial charge in [-0.3, -0.25) is 9.48 Å². The van der Waals surface area contributed by atoms with Crippen LogP contribution in [-0.2, 0) is 17.8 Å². The van der Waals surface area contributed by atoms with E-state index in [1.807, 2.05) is 13.8 Å². The van der Waals surface area contributed by atoms with Gasteiger partial charge in [-0.05, 0) is 49.2 Å². The van der Waals surface area contributed by atoms with Crippen LogP contribution in [0.2, 0.25) is 0 Å². The molecule has 1 atom stereocenters. The third-order valence-corrected chi connectivity index (χ3v) is 4.73. The van der Waals surface area contributed by atoms with E-state index < -0.39 is 12.1 Å². The maximum Gasteiger partial charge on any atom is 0.307 e. The van der Waals surface area contributed by atoms with E-state index in [1.165, 1.54) is 12.1 Å². The predicted octanol–water partition coefficient (Wildman–Crippen LogP) is 4.15. The van der Waals surface area contributed by atoms with Crippen molar-refractivity contribution in [3.63, 3.8) is 0 Å². The van der Waals surface area contributed by atoms with Crippen molar-refractivity contribution in [3.8, 4) is 28.3 Å². The zero-order valence-corrected chi connectivity index (χ0v) is 17.0. The molecule has 0 aliphatic heterocycles. The molecule has 0 fully saturated rings. The minimum Gasteiger partial charge on any atom is -0.493 e. The summed E-state index contributed by atoms with van der Waals surface area (Å²) in [4.78, 5) is 11.1. The number of aliphatic hydroxyl groups is 1. The van der Waals surface area contributed by atoms with E-state index in [4.69, 9.17) is 9.84 Å². The molecule has 7 heteroatoms. The van der Waals surface area contributed by atoms with Crippen LogP contribution in [0.1, 0.15) is 25.8 Å². The summed E-state index contributed by atoms with van der Waals surface area (Å²) in [6, 6.07) is 13.2. The molecule has 0 spiro atoms. The summed E-state index contributed by atoms with van der Waals surface area (Å²) in [6.07, 6.45) is -0.170. The van der Waals surface area contributed by atoms with Gasteiger partial charge in [0.05, 0.1) is 37.1 Å². The highest BCUT2D eigenvalue weighted by Gasteiger charge is 2.18. The van der Waals surface area contributed by atoms with Crippen LogP contribution < -0.4 is 4.74 Å². The lowest BCUT2D eigenvalue weighted by atomic mass is 10.0. The van der Waals surface area contributed by atoms with Gasteiger partial charge < -0.3 is 14.9 Å². The predicted molar refractivity (Wildman–Crippen MR) is 112 cm³/mol. The number of nitrogens with zero attached hydrogens (tertiary/aromatic N) is 2. The van der Waals surface area contributed by atoms with Crippen molar-refractivity contribution < 1.29 is 24.1 Å². The number of carbonyl (C=O) groups is 1. The molecule has 3 aromatic rings. The van der Waals surface area contributed by atoms with Crippen LogP contribution in [0, 0.1) is 5.82 Å². The van der Waals surface area contributed by atoms with Crippen molar-refractivity contribution in [3.05, 3.63) is 59.9 Å². The number of carboxylic acids is 1. The number of aliphatic carboxylic acids is 1. The first kappa shape index (κ1) is 21.5. The largest absolute Gasteiger partial charge is 0.493 e. The van der Waals surface area contributed by atoms with Crippen LogP contribution in [0.5, 0.6) is 5.75 Å². The Balaban J connectivity index is 2.13. The van der Waals surface area contributed by atoms with Gasteiger partial charge in [-0.2, -0.15) is 5.10 Å². The van der Waals surface area contributed by atoms with E-state index in [0.717, 1.165) is 0 Å². The van der Waals surface area contributed by atoms with Crippen molar-refractivity contribution in [2.45, 2.75) is 39.3 Å². The van der Waals surface area contributed by atoms with Crippen LogP contribution in [0.4, 0.5) is 4.39 Å². The van der Waals surface area contributed by atoms with Crippen LogP contribution in [0.15, 0.2) is 48.5 Å². The number of rotatable bonds is 9. The lowest BCUT2D eigenvalue weighted by Gasteiger charge is -2.12. The minimum atomic E-state index is -0.929. The second-order valence-electron chi connectivity index (χ2n) is 7.00. The highest BCUT2D eigenvalue weighted by Crippen LogP contribution is 2.34. The summed E-state index contributed by atoms with van der Waals surface area (Å²) < 4.78 is 21.2. The van der Waals surface area contributed by atoms with Crippen LogP contribution in [0.25, 0.3) is 22.5 Å². The summed E-state index contributed by atoms with van der Waals surface area (Å²) in [7, 11) is 0. The summed E-state index contributed by atoms with van der Waals surface area (Å²) >= 11 is 0. The van der Waals surface area contributed by atoms with Crippen LogP contribution in [-0.4, -0.2) is 38.7 Å². The number of halogens is 1. The fourth-order valence-electron chi connectivity index (χ4n) is 3.24. The average Bonchev–Trinajstić information content (AvgIpc) is 3.12. The second-order valence-corrected chi connectivity index (χ2v) is 7.00. The first-order chi connectivity index (χ1) is 14.4. The Hall–Kier alpha value is -3.19. The molecule has 3 rings (SSSR count).